The lowest BCUT2D eigenvalue weighted by atomic mass is 9.03. The van der Waals surface area contributed by atoms with Crippen LogP contribution in [0.2, 0.25) is 10.6 Å². The Hall–Kier alpha value is 0.0499. The number of rotatable bonds is 2. The lowest BCUT2D eigenvalue weighted by Crippen LogP contribution is -2.82. The van der Waals surface area contributed by atoms with Crippen molar-refractivity contribution < 1.29 is 0 Å². The van der Waals surface area contributed by atoms with Crippen LogP contribution in [0.5, 0.6) is 0 Å². The molecular weight excluding hydrogens is 194 g/mol. The summed E-state index contributed by atoms with van der Waals surface area (Å²) < 4.78 is 0. The number of hydrogen-bond acceptors (Lipinski definition) is 2. The van der Waals surface area contributed by atoms with E-state index in [9.17, 15) is 0 Å². The highest BCUT2D eigenvalue weighted by atomic mass is 15.6. The summed E-state index contributed by atoms with van der Waals surface area (Å²) in [5.74, 6) is 0. The second-order valence-corrected chi connectivity index (χ2v) is 7.13. The molecule has 1 aliphatic rings. The third kappa shape index (κ3) is 2.33. The van der Waals surface area contributed by atoms with Crippen molar-refractivity contribution in [2.45, 2.75) is 66.0 Å². The first-order chi connectivity index (χ1) is 7.14. The van der Waals surface area contributed by atoms with Crippen molar-refractivity contribution in [1.29, 1.82) is 0 Å². The van der Waals surface area contributed by atoms with Crippen LogP contribution in [0.25, 0.3) is 0 Å². The number of nitrogens with zero attached hydrogens (tertiary/aromatic N) is 2. The minimum atomic E-state index is 0.361. The van der Waals surface area contributed by atoms with Crippen LogP contribution in [0.1, 0.15) is 55.4 Å². The SMILES string of the molecule is CCN1B(C(C)(C)C)B(C(C)(C)C)N1CC. The van der Waals surface area contributed by atoms with Gasteiger partial charge in [0, 0.05) is 0 Å². The third-order valence-corrected chi connectivity index (χ3v) is 3.69. The highest BCUT2D eigenvalue weighted by Gasteiger charge is 2.60. The van der Waals surface area contributed by atoms with E-state index in [4.69, 9.17) is 0 Å². The normalized spacial score (nSPS) is 20.2. The first kappa shape index (κ1) is 14.1. The molecule has 1 fully saturated rings. The van der Waals surface area contributed by atoms with Gasteiger partial charge in [-0.1, -0.05) is 55.4 Å². The summed E-state index contributed by atoms with van der Waals surface area (Å²) in [6.07, 6.45) is 0. The molecule has 4 heteroatoms. The van der Waals surface area contributed by atoms with Crippen LogP contribution < -0.4 is 0 Å². The van der Waals surface area contributed by atoms with Gasteiger partial charge in [0.05, 0.1) is 0 Å². The first-order valence-corrected chi connectivity index (χ1v) is 6.67. The van der Waals surface area contributed by atoms with E-state index in [0.29, 0.717) is 24.1 Å². The summed E-state index contributed by atoms with van der Waals surface area (Å²) in [5.41, 5.74) is 0. The predicted octanol–water partition coefficient (Wildman–Crippen LogP) is 3.22. The zero-order valence-corrected chi connectivity index (χ0v) is 12.5. The highest BCUT2D eigenvalue weighted by Crippen LogP contribution is 2.46. The van der Waals surface area contributed by atoms with Gasteiger partial charge in [-0.15, -0.1) is 0 Å². The second kappa shape index (κ2) is 4.38. The van der Waals surface area contributed by atoms with Crippen LogP contribution >= 0.6 is 0 Å². The van der Waals surface area contributed by atoms with E-state index < -0.39 is 0 Å². The van der Waals surface area contributed by atoms with Gasteiger partial charge in [-0.2, -0.15) is 0 Å². The molecule has 0 aromatic carbocycles. The Morgan fingerprint density at radius 1 is 0.688 bits per heavy atom. The lowest BCUT2D eigenvalue weighted by molar-refractivity contribution is 0.128. The van der Waals surface area contributed by atoms with E-state index in [1.54, 1.807) is 0 Å². The molecule has 0 radical (unpaired) electrons. The van der Waals surface area contributed by atoms with Gasteiger partial charge >= 0.3 is 0 Å². The van der Waals surface area contributed by atoms with Crippen LogP contribution in [0.3, 0.4) is 0 Å². The molecule has 1 heterocycles. The van der Waals surface area contributed by atoms with Crippen LogP contribution in [0.4, 0.5) is 0 Å². The van der Waals surface area contributed by atoms with Crippen molar-refractivity contribution in [2.24, 2.45) is 0 Å². The third-order valence-electron chi connectivity index (χ3n) is 3.69. The molecular formula is C12H28B2N2. The van der Waals surface area contributed by atoms with Gasteiger partial charge in [-0.25, -0.2) is 0 Å². The van der Waals surface area contributed by atoms with Gasteiger partial charge in [0.1, 0.15) is 0 Å². The quantitative estimate of drug-likeness (QED) is 0.661. The van der Waals surface area contributed by atoms with Crippen molar-refractivity contribution in [3.05, 3.63) is 0 Å². The summed E-state index contributed by atoms with van der Waals surface area (Å²) in [5, 5.41) is 0.721. The molecule has 16 heavy (non-hydrogen) atoms. The Bertz CT molecular complexity index is 216. The maximum absolute atomic E-state index is 2.55. The lowest BCUT2D eigenvalue weighted by Gasteiger charge is -2.62. The molecule has 0 aromatic heterocycles. The molecule has 0 saturated carbocycles. The van der Waals surface area contributed by atoms with Crippen LogP contribution in [0, 0.1) is 0 Å². The molecule has 1 rings (SSSR count). The standard InChI is InChI=1S/C12H28B2N2/c1-9-15-13(11(3,4)5)14(12(6,7)8)16(15)10-2/h9-10H2,1-8H3. The van der Waals surface area contributed by atoms with Crippen molar-refractivity contribution in [3.63, 3.8) is 0 Å². The van der Waals surface area contributed by atoms with E-state index in [1.807, 2.05) is 0 Å². The molecule has 1 saturated heterocycles. The minimum Gasteiger partial charge on any atom is -0.298 e. The van der Waals surface area contributed by atoms with Gasteiger partial charge in [0.2, 0.25) is 13.5 Å². The molecule has 1 aliphatic heterocycles. The summed E-state index contributed by atoms with van der Waals surface area (Å²) in [6, 6.07) is 0. The van der Waals surface area contributed by atoms with Crippen LogP contribution in [0.15, 0.2) is 0 Å². The van der Waals surface area contributed by atoms with Gasteiger partial charge in [-0.05, 0) is 23.7 Å². The predicted molar refractivity (Wildman–Crippen MR) is 75.7 cm³/mol. The van der Waals surface area contributed by atoms with Gasteiger partial charge < -0.3 is 0 Å². The van der Waals surface area contributed by atoms with Crippen molar-refractivity contribution in [3.8, 4) is 0 Å². The second-order valence-electron chi connectivity index (χ2n) is 7.13. The monoisotopic (exact) mass is 222 g/mol. The van der Waals surface area contributed by atoms with Crippen molar-refractivity contribution in [2.75, 3.05) is 13.1 Å². The summed E-state index contributed by atoms with van der Waals surface area (Å²) in [4.78, 5) is 5.10. The zero-order chi connectivity index (χ0) is 12.7. The van der Waals surface area contributed by atoms with E-state index in [0.717, 1.165) is 13.1 Å². The molecule has 2 nitrogen and oxygen atoms in total. The maximum Gasteiger partial charge on any atom is 0.234 e. The molecule has 0 aromatic rings. The molecule has 0 aliphatic carbocycles. The first-order valence-electron chi connectivity index (χ1n) is 6.67. The van der Waals surface area contributed by atoms with E-state index in [2.05, 4.69) is 65.2 Å². The summed E-state index contributed by atoms with van der Waals surface area (Å²) >= 11 is 0. The van der Waals surface area contributed by atoms with Gasteiger partial charge in [0.15, 0.2) is 0 Å². The minimum absolute atomic E-state index is 0.361. The smallest absolute Gasteiger partial charge is 0.234 e. The Balaban J connectivity index is 2.95. The molecule has 0 N–H and O–H groups in total. The Kier molecular flexibility index (Phi) is 3.86. The molecule has 0 spiro atoms. The van der Waals surface area contributed by atoms with E-state index in [-0.39, 0.29) is 0 Å². The molecule has 0 bridgehead atoms. The van der Waals surface area contributed by atoms with Gasteiger partial charge in [0.25, 0.3) is 0 Å². The fourth-order valence-electron chi connectivity index (χ4n) is 3.17. The Labute approximate surface area is 103 Å². The highest BCUT2D eigenvalue weighted by molar-refractivity contribution is 7.25. The van der Waals surface area contributed by atoms with Crippen molar-refractivity contribution >= 4 is 13.5 Å². The molecule has 0 amide bonds. The van der Waals surface area contributed by atoms with Gasteiger partial charge in [-0.3, -0.25) is 9.84 Å². The molecule has 0 atom stereocenters. The largest absolute Gasteiger partial charge is 0.298 e. The fraction of sp³-hybridized carbons (Fsp3) is 1.00. The zero-order valence-electron chi connectivity index (χ0n) is 12.5. The topological polar surface area (TPSA) is 6.48 Å². The summed E-state index contributed by atoms with van der Waals surface area (Å²) in [6.45, 7) is 22.3. The van der Waals surface area contributed by atoms with Crippen LogP contribution in [-0.2, 0) is 0 Å². The maximum atomic E-state index is 2.55. The number of hydrogen-bond donors (Lipinski definition) is 0. The van der Waals surface area contributed by atoms with E-state index in [1.165, 1.54) is 0 Å². The van der Waals surface area contributed by atoms with Crippen molar-refractivity contribution in [1.82, 2.24) is 9.84 Å². The Morgan fingerprint density at radius 2 is 0.938 bits per heavy atom. The average Bonchev–Trinajstić information content (AvgIpc) is 1.98. The summed E-state index contributed by atoms with van der Waals surface area (Å²) in [7, 11) is 0. The van der Waals surface area contributed by atoms with E-state index >= 15 is 0 Å². The number of hydrazine groups is 1. The van der Waals surface area contributed by atoms with Crippen LogP contribution in [-0.4, -0.2) is 36.4 Å². The molecule has 0 unspecified atom stereocenters. The Morgan fingerprint density at radius 3 is 1.06 bits per heavy atom. The fourth-order valence-corrected chi connectivity index (χ4v) is 3.17. The molecule has 92 valence electrons. The average molecular weight is 222 g/mol.